The van der Waals surface area contributed by atoms with Crippen LogP contribution in [0.1, 0.15) is 70.9 Å². The fourth-order valence-corrected chi connectivity index (χ4v) is 4.47. The highest BCUT2D eigenvalue weighted by Gasteiger charge is 2.19. The topological polar surface area (TPSA) is 18.5 Å². The van der Waals surface area contributed by atoms with E-state index in [9.17, 15) is 0 Å². The highest BCUT2D eigenvalue weighted by molar-refractivity contribution is 7.99. The van der Waals surface area contributed by atoms with Gasteiger partial charge < -0.3 is 9.47 Å². The van der Waals surface area contributed by atoms with E-state index in [2.05, 4.69) is 83.1 Å². The van der Waals surface area contributed by atoms with Crippen LogP contribution in [-0.2, 0) is 4.74 Å². The molecule has 2 aromatic carbocycles. The van der Waals surface area contributed by atoms with E-state index in [4.69, 9.17) is 9.47 Å². The molecule has 166 valence electrons. The van der Waals surface area contributed by atoms with Crippen molar-refractivity contribution in [2.24, 2.45) is 11.8 Å². The molecule has 0 saturated heterocycles. The predicted molar refractivity (Wildman–Crippen MR) is 131 cm³/mol. The van der Waals surface area contributed by atoms with Gasteiger partial charge in [0, 0.05) is 10.6 Å². The summed E-state index contributed by atoms with van der Waals surface area (Å²) in [6.07, 6.45) is 3.22. The van der Waals surface area contributed by atoms with Gasteiger partial charge in [0.05, 0.1) is 6.61 Å². The summed E-state index contributed by atoms with van der Waals surface area (Å²) in [5.41, 5.74) is 2.73. The van der Waals surface area contributed by atoms with Crippen LogP contribution in [0.4, 0.5) is 0 Å². The molecule has 0 amide bonds. The third-order valence-electron chi connectivity index (χ3n) is 5.60. The second-order valence-electron chi connectivity index (χ2n) is 8.76. The van der Waals surface area contributed by atoms with Crippen molar-refractivity contribution in [3.8, 4) is 5.75 Å². The molecule has 30 heavy (non-hydrogen) atoms. The second-order valence-corrected chi connectivity index (χ2v) is 9.93. The lowest BCUT2D eigenvalue weighted by Gasteiger charge is -2.25. The number of hydrogen-bond donors (Lipinski definition) is 0. The first-order valence-electron chi connectivity index (χ1n) is 11.5. The Hall–Kier alpha value is -1.45. The van der Waals surface area contributed by atoms with Crippen molar-refractivity contribution in [2.45, 2.75) is 77.9 Å². The van der Waals surface area contributed by atoms with Gasteiger partial charge in [0.2, 0.25) is 0 Å². The SMILES string of the molecule is CCC(C)C(CC(C)C)c1ccc(OC(C)OCCCSc2ccc(C)cc2)cc1. The highest BCUT2D eigenvalue weighted by Crippen LogP contribution is 2.33. The van der Waals surface area contributed by atoms with Gasteiger partial charge in [-0.1, -0.05) is 63.9 Å². The van der Waals surface area contributed by atoms with Crippen LogP contribution in [0.5, 0.6) is 5.75 Å². The average Bonchev–Trinajstić information content (AvgIpc) is 2.73. The van der Waals surface area contributed by atoms with E-state index >= 15 is 0 Å². The lowest BCUT2D eigenvalue weighted by Crippen LogP contribution is -2.17. The molecule has 3 atom stereocenters. The first-order valence-corrected chi connectivity index (χ1v) is 12.4. The summed E-state index contributed by atoms with van der Waals surface area (Å²) in [6.45, 7) is 14.1. The summed E-state index contributed by atoms with van der Waals surface area (Å²) in [4.78, 5) is 1.32. The molecular weight excluding hydrogens is 388 g/mol. The fraction of sp³-hybridized carbons (Fsp3) is 0.556. The Kier molecular flexibility index (Phi) is 10.8. The molecule has 0 spiro atoms. The van der Waals surface area contributed by atoms with Crippen molar-refractivity contribution in [3.05, 3.63) is 59.7 Å². The quantitative estimate of drug-likeness (QED) is 0.182. The van der Waals surface area contributed by atoms with Crippen LogP contribution in [0.25, 0.3) is 0 Å². The third kappa shape index (κ3) is 8.73. The number of benzene rings is 2. The Morgan fingerprint density at radius 2 is 1.57 bits per heavy atom. The third-order valence-corrected chi connectivity index (χ3v) is 6.70. The van der Waals surface area contributed by atoms with E-state index in [1.54, 1.807) is 0 Å². The number of thioether (sulfide) groups is 1. The van der Waals surface area contributed by atoms with Crippen molar-refractivity contribution in [2.75, 3.05) is 12.4 Å². The summed E-state index contributed by atoms with van der Waals surface area (Å²) in [5, 5.41) is 0. The zero-order valence-corrected chi connectivity index (χ0v) is 20.5. The predicted octanol–water partition coefficient (Wildman–Crippen LogP) is 8.09. The van der Waals surface area contributed by atoms with E-state index in [1.807, 2.05) is 18.7 Å². The molecule has 2 rings (SSSR count). The maximum atomic E-state index is 5.97. The van der Waals surface area contributed by atoms with Gasteiger partial charge in [-0.05, 0) is 74.3 Å². The first kappa shape index (κ1) is 24.8. The van der Waals surface area contributed by atoms with Gasteiger partial charge in [0.15, 0.2) is 6.29 Å². The van der Waals surface area contributed by atoms with Crippen molar-refractivity contribution in [3.63, 3.8) is 0 Å². The molecule has 0 N–H and O–H groups in total. The van der Waals surface area contributed by atoms with Crippen LogP contribution in [-0.4, -0.2) is 18.6 Å². The van der Waals surface area contributed by atoms with Crippen LogP contribution in [0.2, 0.25) is 0 Å². The van der Waals surface area contributed by atoms with Crippen LogP contribution >= 0.6 is 11.8 Å². The van der Waals surface area contributed by atoms with Gasteiger partial charge in [-0.3, -0.25) is 0 Å². The molecule has 2 aromatic rings. The highest BCUT2D eigenvalue weighted by atomic mass is 32.2. The van der Waals surface area contributed by atoms with Gasteiger partial charge >= 0.3 is 0 Å². The van der Waals surface area contributed by atoms with Crippen molar-refractivity contribution in [1.82, 2.24) is 0 Å². The smallest absolute Gasteiger partial charge is 0.196 e. The fourth-order valence-electron chi connectivity index (χ4n) is 3.64. The van der Waals surface area contributed by atoms with E-state index in [0.717, 1.165) is 17.9 Å². The molecule has 0 radical (unpaired) electrons. The van der Waals surface area contributed by atoms with E-state index in [1.165, 1.54) is 28.9 Å². The van der Waals surface area contributed by atoms with Gasteiger partial charge in [-0.15, -0.1) is 11.8 Å². The zero-order chi connectivity index (χ0) is 21.9. The molecule has 0 heterocycles. The summed E-state index contributed by atoms with van der Waals surface area (Å²) in [5.74, 6) is 3.95. The van der Waals surface area contributed by atoms with Gasteiger partial charge in [0.1, 0.15) is 5.75 Å². The maximum absolute atomic E-state index is 5.97. The van der Waals surface area contributed by atoms with Gasteiger partial charge in [0.25, 0.3) is 0 Å². The largest absolute Gasteiger partial charge is 0.465 e. The maximum Gasteiger partial charge on any atom is 0.196 e. The monoisotopic (exact) mass is 428 g/mol. The number of hydrogen-bond acceptors (Lipinski definition) is 3. The average molecular weight is 429 g/mol. The first-order chi connectivity index (χ1) is 14.4. The Labute approximate surface area is 188 Å². The molecule has 0 saturated carbocycles. The lowest BCUT2D eigenvalue weighted by molar-refractivity contribution is -0.0660. The van der Waals surface area contributed by atoms with Crippen molar-refractivity contribution < 1.29 is 9.47 Å². The van der Waals surface area contributed by atoms with Gasteiger partial charge in [-0.25, -0.2) is 0 Å². The summed E-state index contributed by atoms with van der Waals surface area (Å²) >= 11 is 1.88. The number of aryl methyl sites for hydroxylation is 1. The van der Waals surface area contributed by atoms with E-state index < -0.39 is 0 Å². The molecule has 3 unspecified atom stereocenters. The summed E-state index contributed by atoms with van der Waals surface area (Å²) in [6, 6.07) is 17.4. The van der Waals surface area contributed by atoms with Gasteiger partial charge in [-0.2, -0.15) is 0 Å². The zero-order valence-electron chi connectivity index (χ0n) is 19.7. The molecule has 0 bridgehead atoms. The minimum atomic E-state index is -0.235. The number of rotatable bonds is 13. The molecule has 2 nitrogen and oxygen atoms in total. The van der Waals surface area contributed by atoms with Crippen LogP contribution < -0.4 is 4.74 Å². The number of ether oxygens (including phenoxy) is 2. The van der Waals surface area contributed by atoms with Crippen LogP contribution in [0.3, 0.4) is 0 Å². The lowest BCUT2D eigenvalue weighted by atomic mass is 9.80. The van der Waals surface area contributed by atoms with E-state index in [-0.39, 0.29) is 6.29 Å². The molecular formula is C27H40O2S. The Morgan fingerprint density at radius 1 is 0.900 bits per heavy atom. The molecule has 3 heteroatoms. The standard InChI is InChI=1S/C27H40O2S/c1-7-22(5)27(19-20(2)3)24-11-13-25(14-12-24)29-23(6)28-17-8-18-30-26-15-9-21(4)10-16-26/h9-16,20,22-23,27H,7-8,17-19H2,1-6H3. The summed E-state index contributed by atoms with van der Waals surface area (Å²) in [7, 11) is 0. The Bertz CT molecular complexity index is 709. The molecule has 0 aliphatic heterocycles. The van der Waals surface area contributed by atoms with E-state index in [0.29, 0.717) is 24.4 Å². The Morgan fingerprint density at radius 3 is 2.17 bits per heavy atom. The van der Waals surface area contributed by atoms with Crippen molar-refractivity contribution >= 4 is 11.8 Å². The second kappa shape index (κ2) is 13.1. The van der Waals surface area contributed by atoms with Crippen molar-refractivity contribution in [1.29, 1.82) is 0 Å². The molecule has 0 aliphatic carbocycles. The molecule has 0 fully saturated rings. The Balaban J connectivity index is 1.74. The van der Waals surface area contributed by atoms with Crippen LogP contribution in [0, 0.1) is 18.8 Å². The summed E-state index contributed by atoms with van der Waals surface area (Å²) < 4.78 is 11.8. The normalized spacial score (nSPS) is 14.5. The molecule has 0 aliphatic rings. The van der Waals surface area contributed by atoms with Crippen LogP contribution in [0.15, 0.2) is 53.4 Å². The minimum absolute atomic E-state index is 0.235. The molecule has 0 aromatic heterocycles. The minimum Gasteiger partial charge on any atom is -0.465 e.